The largest absolute Gasteiger partial charge is 0.480 e. The fourth-order valence-electron chi connectivity index (χ4n) is 0.261. The van der Waals surface area contributed by atoms with Crippen molar-refractivity contribution in [1.29, 1.82) is 0 Å². The number of aliphatic hydroxyl groups is 1. The Morgan fingerprint density at radius 3 is 2.33 bits per heavy atom. The molecule has 0 heterocycles. The number of aliphatic carboxylic acids is 1. The minimum atomic E-state index is -1.19. The molecule has 0 aliphatic rings. The molecule has 4 N–H and O–H groups in total. The second kappa shape index (κ2) is 3.81. The van der Waals surface area contributed by atoms with Crippen molar-refractivity contribution in [3.63, 3.8) is 0 Å². The van der Waals surface area contributed by atoms with Crippen molar-refractivity contribution in [2.24, 2.45) is 5.73 Å². The third kappa shape index (κ3) is 2.78. The van der Waals surface area contributed by atoms with Gasteiger partial charge in [0.2, 0.25) is 0 Å². The molecule has 0 spiro atoms. The molecule has 0 amide bonds. The minimum absolute atomic E-state index is 0.181. The highest BCUT2D eigenvalue weighted by Crippen LogP contribution is 1.94. The van der Waals surface area contributed by atoms with Gasteiger partial charge in [0.15, 0.2) is 0 Å². The summed E-state index contributed by atoms with van der Waals surface area (Å²) in [6.07, 6.45) is -1.01. The Bertz CT molecular complexity index is 108. The van der Waals surface area contributed by atoms with E-state index in [1.807, 2.05) is 0 Å². The lowest BCUT2D eigenvalue weighted by molar-refractivity contribution is -0.140. The zero-order valence-corrected chi connectivity index (χ0v) is 6.21. The Balaban J connectivity index is 3.72. The Morgan fingerprint density at radius 1 is 1.78 bits per heavy atom. The molecule has 0 rings (SSSR count). The number of aliphatic hydroxyl groups excluding tert-OH is 1. The van der Waals surface area contributed by atoms with Crippen LogP contribution in [0.4, 0.5) is 0 Å². The van der Waals surface area contributed by atoms with E-state index >= 15 is 0 Å². The predicted molar refractivity (Wildman–Crippen MR) is 35.4 cm³/mol. The van der Waals surface area contributed by atoms with Gasteiger partial charge in [-0.2, -0.15) is 0 Å². The number of carbonyl (C=O) groups is 1. The quantitative estimate of drug-likeness (QED) is 0.516. The number of carboxylic acids is 1. The van der Waals surface area contributed by atoms with Gasteiger partial charge in [-0.1, -0.05) is 15.9 Å². The first-order valence-corrected chi connectivity index (χ1v) is 3.44. The molecule has 0 aliphatic carbocycles. The van der Waals surface area contributed by atoms with Gasteiger partial charge < -0.3 is 15.9 Å². The van der Waals surface area contributed by atoms with Crippen LogP contribution in [0.2, 0.25) is 0 Å². The SMILES string of the molecule is N[C@H](C(=O)O)[C@H](O)CBr. The first-order valence-electron chi connectivity index (χ1n) is 2.32. The van der Waals surface area contributed by atoms with Crippen LogP contribution in [0, 0.1) is 0 Å². The smallest absolute Gasteiger partial charge is 0.323 e. The highest BCUT2D eigenvalue weighted by atomic mass is 79.9. The van der Waals surface area contributed by atoms with Crippen LogP contribution in [-0.2, 0) is 4.79 Å². The number of rotatable bonds is 3. The molecule has 0 saturated carbocycles. The molecule has 0 unspecified atom stereocenters. The number of hydrogen-bond acceptors (Lipinski definition) is 3. The Kier molecular flexibility index (Phi) is 3.76. The minimum Gasteiger partial charge on any atom is -0.480 e. The van der Waals surface area contributed by atoms with Crippen molar-refractivity contribution in [3.8, 4) is 0 Å². The van der Waals surface area contributed by atoms with E-state index in [2.05, 4.69) is 15.9 Å². The number of hydrogen-bond donors (Lipinski definition) is 3. The maximum absolute atomic E-state index is 9.99. The third-order valence-electron chi connectivity index (χ3n) is 0.858. The maximum Gasteiger partial charge on any atom is 0.323 e. The molecule has 9 heavy (non-hydrogen) atoms. The fourth-order valence-corrected chi connectivity index (χ4v) is 0.663. The van der Waals surface area contributed by atoms with Gasteiger partial charge in [0, 0.05) is 5.33 Å². The monoisotopic (exact) mass is 197 g/mol. The molecule has 0 aliphatic heterocycles. The second-order valence-electron chi connectivity index (χ2n) is 1.59. The highest BCUT2D eigenvalue weighted by Gasteiger charge is 2.19. The summed E-state index contributed by atoms with van der Waals surface area (Å²) in [5.41, 5.74) is 4.99. The van der Waals surface area contributed by atoms with E-state index in [4.69, 9.17) is 15.9 Å². The molecule has 0 bridgehead atoms. The van der Waals surface area contributed by atoms with E-state index in [0.717, 1.165) is 0 Å². The van der Waals surface area contributed by atoms with Crippen LogP contribution in [0.1, 0.15) is 0 Å². The van der Waals surface area contributed by atoms with Crippen LogP contribution in [0.15, 0.2) is 0 Å². The van der Waals surface area contributed by atoms with E-state index in [0.29, 0.717) is 0 Å². The van der Waals surface area contributed by atoms with Crippen LogP contribution >= 0.6 is 15.9 Å². The lowest BCUT2D eigenvalue weighted by atomic mass is 10.2. The Hall–Kier alpha value is -0.130. The van der Waals surface area contributed by atoms with Gasteiger partial charge in [-0.3, -0.25) is 4.79 Å². The maximum atomic E-state index is 9.99. The molecule has 2 atom stereocenters. The van der Waals surface area contributed by atoms with Crippen molar-refractivity contribution in [1.82, 2.24) is 0 Å². The van der Waals surface area contributed by atoms with E-state index in [1.54, 1.807) is 0 Å². The molecule has 0 radical (unpaired) electrons. The van der Waals surface area contributed by atoms with Crippen molar-refractivity contribution in [2.45, 2.75) is 12.1 Å². The van der Waals surface area contributed by atoms with Gasteiger partial charge in [-0.05, 0) is 0 Å². The molecule has 5 heteroatoms. The molecule has 0 aromatic rings. The van der Waals surface area contributed by atoms with Gasteiger partial charge in [0.25, 0.3) is 0 Å². The van der Waals surface area contributed by atoms with E-state index < -0.39 is 18.1 Å². The normalized spacial score (nSPS) is 16.8. The molecule has 4 nitrogen and oxygen atoms in total. The lowest BCUT2D eigenvalue weighted by Crippen LogP contribution is -2.42. The molecule has 0 fully saturated rings. The molecule has 0 saturated heterocycles. The third-order valence-corrected chi connectivity index (χ3v) is 1.52. The molecular formula is C4H8BrNO3. The van der Waals surface area contributed by atoms with Crippen molar-refractivity contribution in [2.75, 3.05) is 5.33 Å². The summed E-state index contributed by atoms with van der Waals surface area (Å²) in [7, 11) is 0. The van der Waals surface area contributed by atoms with Crippen LogP contribution in [0.25, 0.3) is 0 Å². The number of halogens is 1. The van der Waals surface area contributed by atoms with Gasteiger partial charge >= 0.3 is 5.97 Å². The standard InChI is InChI=1S/C4H8BrNO3/c5-1-2(7)3(6)4(8)9/h2-3,7H,1,6H2,(H,8,9)/t2-,3+/m1/s1. The van der Waals surface area contributed by atoms with Crippen molar-refractivity contribution < 1.29 is 15.0 Å². The van der Waals surface area contributed by atoms with Crippen LogP contribution < -0.4 is 5.73 Å². The Labute approximate surface area is 60.8 Å². The summed E-state index contributed by atoms with van der Waals surface area (Å²) >= 11 is 2.89. The predicted octanol–water partition coefficient (Wildman–Crippen LogP) is -0.846. The van der Waals surface area contributed by atoms with E-state index in [9.17, 15) is 4.79 Å². The Morgan fingerprint density at radius 2 is 2.22 bits per heavy atom. The van der Waals surface area contributed by atoms with Gasteiger partial charge in [0.05, 0.1) is 6.10 Å². The van der Waals surface area contributed by atoms with E-state index in [-0.39, 0.29) is 5.33 Å². The lowest BCUT2D eigenvalue weighted by Gasteiger charge is -2.10. The summed E-state index contributed by atoms with van der Waals surface area (Å²) < 4.78 is 0. The highest BCUT2D eigenvalue weighted by molar-refractivity contribution is 9.09. The second-order valence-corrected chi connectivity index (χ2v) is 2.23. The molecule has 0 aromatic carbocycles. The van der Waals surface area contributed by atoms with Crippen LogP contribution in [0.5, 0.6) is 0 Å². The van der Waals surface area contributed by atoms with Gasteiger partial charge in [0.1, 0.15) is 6.04 Å². The number of nitrogens with two attached hydrogens (primary N) is 1. The summed E-state index contributed by atoms with van der Waals surface area (Å²) in [6.45, 7) is 0. The van der Waals surface area contributed by atoms with Crippen LogP contribution in [-0.4, -0.2) is 33.7 Å². The number of alkyl halides is 1. The average Bonchev–Trinajstić information content (AvgIpc) is 1.84. The summed E-state index contributed by atoms with van der Waals surface area (Å²) in [4.78, 5) is 9.99. The summed E-state index contributed by atoms with van der Waals surface area (Å²) in [5, 5.41) is 17.1. The molecular weight excluding hydrogens is 190 g/mol. The first kappa shape index (κ1) is 8.87. The molecule has 54 valence electrons. The first-order chi connectivity index (χ1) is 4.09. The van der Waals surface area contributed by atoms with Gasteiger partial charge in [-0.15, -0.1) is 0 Å². The van der Waals surface area contributed by atoms with E-state index in [1.165, 1.54) is 0 Å². The van der Waals surface area contributed by atoms with Gasteiger partial charge in [-0.25, -0.2) is 0 Å². The topological polar surface area (TPSA) is 83.6 Å². The van der Waals surface area contributed by atoms with Crippen LogP contribution in [0.3, 0.4) is 0 Å². The zero-order valence-electron chi connectivity index (χ0n) is 4.62. The van der Waals surface area contributed by atoms with Crippen molar-refractivity contribution in [3.05, 3.63) is 0 Å². The zero-order chi connectivity index (χ0) is 7.44. The number of carboxylic acid groups (broad SMARTS) is 1. The van der Waals surface area contributed by atoms with Crippen molar-refractivity contribution >= 4 is 21.9 Å². The summed E-state index contributed by atoms with van der Waals surface area (Å²) in [6, 6.07) is -1.19. The molecule has 0 aromatic heterocycles. The fraction of sp³-hybridized carbons (Fsp3) is 0.750. The summed E-state index contributed by atoms with van der Waals surface area (Å²) in [5.74, 6) is -1.19. The average molecular weight is 198 g/mol.